The average molecular weight is 381 g/mol. The Morgan fingerprint density at radius 3 is 1.96 bits per heavy atom. The van der Waals surface area contributed by atoms with E-state index in [2.05, 4.69) is 17.4 Å². The summed E-state index contributed by atoms with van der Waals surface area (Å²) < 4.78 is 0. The highest BCUT2D eigenvalue weighted by Crippen LogP contribution is 2.13. The van der Waals surface area contributed by atoms with Crippen LogP contribution in [0.15, 0.2) is 60.7 Å². The molecule has 0 radical (unpaired) electrons. The van der Waals surface area contributed by atoms with Crippen LogP contribution in [0.4, 0.5) is 0 Å². The second-order valence-corrected chi connectivity index (χ2v) is 8.15. The molecule has 4 heteroatoms. The predicted octanol–water partition coefficient (Wildman–Crippen LogP) is 3.99. The van der Waals surface area contributed by atoms with Gasteiger partial charge < -0.3 is 10.2 Å². The highest BCUT2D eigenvalue weighted by atomic mass is 16.2. The van der Waals surface area contributed by atoms with Crippen LogP contribution in [0.25, 0.3) is 0 Å². The number of nitrogens with one attached hydrogen (secondary N) is 1. The van der Waals surface area contributed by atoms with Crippen molar-refractivity contribution in [3.63, 3.8) is 0 Å². The highest BCUT2D eigenvalue weighted by Gasteiger charge is 2.30. The Morgan fingerprint density at radius 1 is 0.929 bits per heavy atom. The molecule has 0 saturated heterocycles. The minimum absolute atomic E-state index is 0.0157. The minimum atomic E-state index is -0.473. The van der Waals surface area contributed by atoms with E-state index in [0.717, 1.165) is 17.5 Å². The molecule has 2 rings (SSSR count). The zero-order valence-corrected chi connectivity index (χ0v) is 17.4. The lowest BCUT2D eigenvalue weighted by Gasteiger charge is -2.33. The summed E-state index contributed by atoms with van der Waals surface area (Å²) in [6, 6.07) is 19.3. The van der Waals surface area contributed by atoms with E-state index in [-0.39, 0.29) is 17.4 Å². The third-order valence-corrected chi connectivity index (χ3v) is 4.57. The molecule has 4 nitrogen and oxygen atoms in total. The van der Waals surface area contributed by atoms with Gasteiger partial charge in [0.05, 0.1) is 6.42 Å². The van der Waals surface area contributed by atoms with Crippen LogP contribution in [-0.2, 0) is 22.4 Å². The van der Waals surface area contributed by atoms with Gasteiger partial charge in [-0.15, -0.1) is 0 Å². The molecule has 28 heavy (non-hydrogen) atoms. The van der Waals surface area contributed by atoms with Crippen LogP contribution in [0.5, 0.6) is 0 Å². The van der Waals surface area contributed by atoms with E-state index < -0.39 is 6.04 Å². The van der Waals surface area contributed by atoms with Crippen LogP contribution in [-0.4, -0.2) is 34.8 Å². The number of carbonyl (C=O) groups is 2. The molecule has 0 fully saturated rings. The van der Waals surface area contributed by atoms with Crippen LogP contribution in [0.1, 0.15) is 45.2 Å². The van der Waals surface area contributed by atoms with Crippen molar-refractivity contribution in [3.8, 4) is 0 Å². The zero-order chi connectivity index (χ0) is 20.6. The molecule has 0 aromatic heterocycles. The predicted molar refractivity (Wildman–Crippen MR) is 114 cm³/mol. The topological polar surface area (TPSA) is 49.4 Å². The molecular weight excluding hydrogens is 348 g/mol. The summed E-state index contributed by atoms with van der Waals surface area (Å²) >= 11 is 0. The molecule has 0 aliphatic rings. The van der Waals surface area contributed by atoms with Crippen molar-refractivity contribution in [1.29, 1.82) is 0 Å². The Morgan fingerprint density at radius 2 is 1.46 bits per heavy atom. The maximum Gasteiger partial charge on any atom is 0.243 e. The third kappa shape index (κ3) is 6.84. The maximum atomic E-state index is 13.2. The summed E-state index contributed by atoms with van der Waals surface area (Å²) in [6.07, 6.45) is 1.60. The first-order valence-electron chi connectivity index (χ1n) is 9.99. The molecule has 0 aliphatic heterocycles. The molecule has 2 aromatic carbocycles. The van der Waals surface area contributed by atoms with E-state index >= 15 is 0 Å². The normalized spacial score (nSPS) is 12.3. The van der Waals surface area contributed by atoms with Gasteiger partial charge >= 0.3 is 0 Å². The van der Waals surface area contributed by atoms with Crippen molar-refractivity contribution in [3.05, 3.63) is 71.8 Å². The fourth-order valence-corrected chi connectivity index (χ4v) is 3.22. The number of hydrogen-bond donors (Lipinski definition) is 1. The van der Waals surface area contributed by atoms with Gasteiger partial charge in [-0.25, -0.2) is 0 Å². The Hall–Kier alpha value is -2.62. The summed E-state index contributed by atoms with van der Waals surface area (Å²) in [6.45, 7) is 8.34. The molecule has 0 saturated carbocycles. The van der Waals surface area contributed by atoms with Gasteiger partial charge in [-0.1, -0.05) is 67.6 Å². The lowest BCUT2D eigenvalue weighted by atomic mass is 10.0. The van der Waals surface area contributed by atoms with Gasteiger partial charge in [-0.3, -0.25) is 9.59 Å². The maximum absolute atomic E-state index is 13.2. The van der Waals surface area contributed by atoms with E-state index in [4.69, 9.17) is 0 Å². The molecule has 1 atom stereocenters. The minimum Gasteiger partial charge on any atom is -0.350 e. The van der Waals surface area contributed by atoms with Gasteiger partial charge in [0.2, 0.25) is 11.8 Å². The third-order valence-electron chi connectivity index (χ3n) is 4.57. The van der Waals surface area contributed by atoms with Crippen molar-refractivity contribution in [2.24, 2.45) is 0 Å². The van der Waals surface area contributed by atoms with Gasteiger partial charge in [-0.2, -0.15) is 0 Å². The number of nitrogens with zero attached hydrogens (tertiary/aromatic N) is 1. The lowest BCUT2D eigenvalue weighted by molar-refractivity contribution is -0.140. The summed E-state index contributed by atoms with van der Waals surface area (Å²) in [4.78, 5) is 27.8. The monoisotopic (exact) mass is 380 g/mol. The van der Waals surface area contributed by atoms with Crippen LogP contribution < -0.4 is 5.32 Å². The average Bonchev–Trinajstić information content (AvgIpc) is 2.65. The van der Waals surface area contributed by atoms with E-state index in [0.29, 0.717) is 19.4 Å². The SMILES string of the molecule is CC[C@H](C(=O)NC(C)(C)C)N(CCc1ccccc1)C(=O)Cc1ccccc1. The molecule has 0 heterocycles. The largest absolute Gasteiger partial charge is 0.350 e. The van der Waals surface area contributed by atoms with E-state index in [1.165, 1.54) is 0 Å². The summed E-state index contributed by atoms with van der Waals surface area (Å²) in [5.41, 5.74) is 1.78. The van der Waals surface area contributed by atoms with Crippen molar-refractivity contribution in [1.82, 2.24) is 10.2 Å². The van der Waals surface area contributed by atoms with E-state index in [1.807, 2.05) is 76.2 Å². The number of benzene rings is 2. The summed E-state index contributed by atoms with van der Waals surface area (Å²) in [5, 5.41) is 3.03. The molecule has 0 unspecified atom stereocenters. The molecule has 150 valence electrons. The Labute approximate surface area is 169 Å². The van der Waals surface area contributed by atoms with Gasteiger partial charge in [0.1, 0.15) is 6.04 Å². The molecule has 0 spiro atoms. The van der Waals surface area contributed by atoms with E-state index in [9.17, 15) is 9.59 Å². The van der Waals surface area contributed by atoms with Crippen molar-refractivity contribution in [2.45, 2.75) is 58.5 Å². The number of carbonyl (C=O) groups excluding carboxylic acids is 2. The second-order valence-electron chi connectivity index (χ2n) is 8.15. The van der Waals surface area contributed by atoms with Gasteiger partial charge in [0.15, 0.2) is 0 Å². The van der Waals surface area contributed by atoms with Crippen LogP contribution in [0.3, 0.4) is 0 Å². The van der Waals surface area contributed by atoms with Gasteiger partial charge in [0, 0.05) is 12.1 Å². The Kier molecular flexibility index (Phi) is 7.80. The molecule has 1 N–H and O–H groups in total. The lowest BCUT2D eigenvalue weighted by Crippen LogP contribution is -2.54. The van der Waals surface area contributed by atoms with Gasteiger partial charge in [0.25, 0.3) is 0 Å². The zero-order valence-electron chi connectivity index (χ0n) is 17.4. The van der Waals surface area contributed by atoms with Crippen LogP contribution >= 0.6 is 0 Å². The number of hydrogen-bond acceptors (Lipinski definition) is 2. The van der Waals surface area contributed by atoms with Crippen LogP contribution in [0, 0.1) is 0 Å². The second kappa shape index (κ2) is 10.1. The molecule has 2 aromatic rings. The Balaban J connectivity index is 2.19. The summed E-state index contributed by atoms with van der Waals surface area (Å²) in [7, 11) is 0. The first kappa shape index (κ1) is 21.7. The molecule has 0 bridgehead atoms. The standard InChI is InChI=1S/C24H32N2O2/c1-5-21(23(28)25-24(2,3)4)26(17-16-19-12-8-6-9-13-19)22(27)18-20-14-10-7-11-15-20/h6-15,21H,5,16-18H2,1-4H3,(H,25,28)/t21-/m1/s1. The smallest absolute Gasteiger partial charge is 0.243 e. The number of rotatable bonds is 8. The van der Waals surface area contributed by atoms with Crippen molar-refractivity contribution >= 4 is 11.8 Å². The number of amides is 2. The van der Waals surface area contributed by atoms with Crippen LogP contribution in [0.2, 0.25) is 0 Å². The first-order chi connectivity index (χ1) is 13.3. The van der Waals surface area contributed by atoms with Crippen molar-refractivity contribution in [2.75, 3.05) is 6.54 Å². The highest BCUT2D eigenvalue weighted by molar-refractivity contribution is 5.88. The van der Waals surface area contributed by atoms with E-state index in [1.54, 1.807) is 4.90 Å². The Bertz CT molecular complexity index is 751. The fourth-order valence-electron chi connectivity index (χ4n) is 3.22. The molecular formula is C24H32N2O2. The quantitative estimate of drug-likeness (QED) is 0.753. The summed E-state index contributed by atoms with van der Waals surface area (Å²) in [5.74, 6) is -0.109. The molecule has 2 amide bonds. The first-order valence-corrected chi connectivity index (χ1v) is 9.99. The van der Waals surface area contributed by atoms with Gasteiger partial charge in [-0.05, 0) is 44.7 Å². The van der Waals surface area contributed by atoms with Crippen molar-refractivity contribution < 1.29 is 9.59 Å². The fraction of sp³-hybridized carbons (Fsp3) is 0.417. The molecule has 0 aliphatic carbocycles.